The zero-order chi connectivity index (χ0) is 13.0. The number of hydrogen-bond donors (Lipinski definition) is 2. The van der Waals surface area contributed by atoms with Gasteiger partial charge in [0.1, 0.15) is 0 Å². The molecule has 0 bridgehead atoms. The Balaban J connectivity index is 1.87. The molecule has 1 saturated carbocycles. The molecule has 2 unspecified atom stereocenters. The fourth-order valence-corrected chi connectivity index (χ4v) is 2.78. The smallest absolute Gasteiger partial charge is 0.253 e. The van der Waals surface area contributed by atoms with Crippen molar-refractivity contribution >= 4 is 11.6 Å². The van der Waals surface area contributed by atoms with Crippen LogP contribution in [0.4, 0.5) is 5.69 Å². The number of carbonyl (C=O) groups is 1. The first-order valence-electron chi connectivity index (χ1n) is 6.79. The average molecular weight is 246 g/mol. The topological polar surface area (TPSA) is 55.1 Å². The van der Waals surface area contributed by atoms with Gasteiger partial charge in [-0.3, -0.25) is 4.79 Å². The molecule has 0 spiro atoms. The van der Waals surface area contributed by atoms with Crippen LogP contribution in [0.5, 0.6) is 0 Å². The molecule has 1 amide bonds. The van der Waals surface area contributed by atoms with E-state index in [0.29, 0.717) is 17.2 Å². The first kappa shape index (κ1) is 12.9. The summed E-state index contributed by atoms with van der Waals surface area (Å²) in [6.07, 6.45) is 5.07. The van der Waals surface area contributed by atoms with Gasteiger partial charge < -0.3 is 11.1 Å². The maximum absolute atomic E-state index is 12.0. The van der Waals surface area contributed by atoms with Gasteiger partial charge in [-0.25, -0.2) is 0 Å². The molecule has 0 heterocycles. The molecule has 1 fully saturated rings. The molecule has 1 aromatic rings. The van der Waals surface area contributed by atoms with Crippen LogP contribution in [0.25, 0.3) is 0 Å². The Morgan fingerprint density at radius 1 is 1.39 bits per heavy atom. The molecule has 98 valence electrons. The van der Waals surface area contributed by atoms with E-state index in [1.54, 1.807) is 12.1 Å². The highest BCUT2D eigenvalue weighted by molar-refractivity contribution is 5.99. The number of nitrogens with one attached hydrogen (secondary N) is 1. The Morgan fingerprint density at radius 2 is 2.17 bits per heavy atom. The number of anilines is 1. The summed E-state index contributed by atoms with van der Waals surface area (Å²) in [4.78, 5) is 12.0. The summed E-state index contributed by atoms with van der Waals surface area (Å²) >= 11 is 0. The van der Waals surface area contributed by atoms with Crippen molar-refractivity contribution in [2.24, 2.45) is 11.8 Å². The monoisotopic (exact) mass is 246 g/mol. The van der Waals surface area contributed by atoms with Gasteiger partial charge in [0.15, 0.2) is 0 Å². The van der Waals surface area contributed by atoms with Gasteiger partial charge in [0.2, 0.25) is 0 Å². The third-order valence-corrected chi connectivity index (χ3v) is 3.80. The number of benzene rings is 1. The van der Waals surface area contributed by atoms with Crippen LogP contribution in [0.15, 0.2) is 24.3 Å². The molecule has 0 saturated heterocycles. The van der Waals surface area contributed by atoms with E-state index < -0.39 is 0 Å². The van der Waals surface area contributed by atoms with Gasteiger partial charge in [-0.1, -0.05) is 31.9 Å². The van der Waals surface area contributed by atoms with E-state index in [0.717, 1.165) is 12.5 Å². The third kappa shape index (κ3) is 3.25. The zero-order valence-corrected chi connectivity index (χ0v) is 11.0. The van der Waals surface area contributed by atoms with Crippen molar-refractivity contribution in [1.82, 2.24) is 5.32 Å². The number of amides is 1. The van der Waals surface area contributed by atoms with Gasteiger partial charge in [0.25, 0.3) is 5.91 Å². The van der Waals surface area contributed by atoms with Crippen LogP contribution in [0, 0.1) is 11.8 Å². The highest BCUT2D eigenvalue weighted by Crippen LogP contribution is 2.28. The molecule has 2 rings (SSSR count). The Labute approximate surface area is 109 Å². The Kier molecular flexibility index (Phi) is 4.24. The highest BCUT2D eigenvalue weighted by Gasteiger charge is 2.19. The van der Waals surface area contributed by atoms with Gasteiger partial charge >= 0.3 is 0 Å². The first-order valence-corrected chi connectivity index (χ1v) is 6.79. The van der Waals surface area contributed by atoms with E-state index in [1.807, 2.05) is 12.1 Å². The molecular formula is C15H22N2O. The summed E-state index contributed by atoms with van der Waals surface area (Å²) in [5.41, 5.74) is 6.92. The lowest BCUT2D eigenvalue weighted by Gasteiger charge is -2.26. The minimum Gasteiger partial charge on any atom is -0.398 e. The Bertz CT molecular complexity index is 417. The lowest BCUT2D eigenvalue weighted by Crippen LogP contribution is -2.31. The van der Waals surface area contributed by atoms with Crippen LogP contribution in [0.3, 0.4) is 0 Å². The summed E-state index contributed by atoms with van der Waals surface area (Å²) in [6.45, 7) is 3.07. The Morgan fingerprint density at radius 3 is 2.89 bits per heavy atom. The second kappa shape index (κ2) is 5.89. The minimum atomic E-state index is -0.0497. The summed E-state index contributed by atoms with van der Waals surface area (Å²) in [6, 6.07) is 7.22. The standard InChI is InChI=1S/C15H22N2O/c1-11-5-4-6-12(9-11)10-17-15(18)13-7-2-3-8-14(13)16/h2-3,7-8,11-12H,4-6,9-10,16H2,1H3,(H,17,18). The number of hydrogen-bond acceptors (Lipinski definition) is 2. The van der Waals surface area contributed by atoms with Crippen LogP contribution in [0.2, 0.25) is 0 Å². The molecule has 1 aromatic carbocycles. The third-order valence-electron chi connectivity index (χ3n) is 3.80. The molecule has 3 heteroatoms. The van der Waals surface area contributed by atoms with Gasteiger partial charge in [-0.15, -0.1) is 0 Å². The minimum absolute atomic E-state index is 0.0497. The molecule has 1 aliphatic rings. The summed E-state index contributed by atoms with van der Waals surface area (Å²) < 4.78 is 0. The van der Waals surface area contributed by atoms with Crippen molar-refractivity contribution in [1.29, 1.82) is 0 Å². The molecule has 0 radical (unpaired) electrons. The molecule has 3 N–H and O–H groups in total. The SMILES string of the molecule is CC1CCCC(CNC(=O)c2ccccc2N)C1. The van der Waals surface area contributed by atoms with Gasteiger partial charge in [0, 0.05) is 12.2 Å². The van der Waals surface area contributed by atoms with E-state index in [-0.39, 0.29) is 5.91 Å². The molecule has 2 atom stereocenters. The fourth-order valence-electron chi connectivity index (χ4n) is 2.78. The molecule has 0 aliphatic heterocycles. The highest BCUT2D eigenvalue weighted by atomic mass is 16.1. The maximum Gasteiger partial charge on any atom is 0.253 e. The number of nitrogens with two attached hydrogens (primary N) is 1. The van der Waals surface area contributed by atoms with Crippen molar-refractivity contribution < 1.29 is 4.79 Å². The van der Waals surface area contributed by atoms with Gasteiger partial charge in [0.05, 0.1) is 5.56 Å². The van der Waals surface area contributed by atoms with E-state index in [2.05, 4.69) is 12.2 Å². The number of nitrogen functional groups attached to an aromatic ring is 1. The first-order chi connectivity index (χ1) is 8.66. The predicted octanol–water partition coefficient (Wildman–Crippen LogP) is 2.82. The van der Waals surface area contributed by atoms with Crippen LogP contribution in [-0.4, -0.2) is 12.5 Å². The van der Waals surface area contributed by atoms with Crippen LogP contribution in [0.1, 0.15) is 43.0 Å². The van der Waals surface area contributed by atoms with E-state index in [1.165, 1.54) is 25.7 Å². The number of carbonyl (C=O) groups excluding carboxylic acids is 1. The molecule has 3 nitrogen and oxygen atoms in total. The normalized spacial score (nSPS) is 23.6. The quantitative estimate of drug-likeness (QED) is 0.806. The fraction of sp³-hybridized carbons (Fsp3) is 0.533. The van der Waals surface area contributed by atoms with Crippen LogP contribution < -0.4 is 11.1 Å². The molecule has 1 aliphatic carbocycles. The molecule has 0 aromatic heterocycles. The van der Waals surface area contributed by atoms with E-state index >= 15 is 0 Å². The van der Waals surface area contributed by atoms with E-state index in [4.69, 9.17) is 5.73 Å². The van der Waals surface area contributed by atoms with Crippen molar-refractivity contribution in [2.45, 2.75) is 32.6 Å². The van der Waals surface area contributed by atoms with E-state index in [9.17, 15) is 4.79 Å². The molecular weight excluding hydrogens is 224 g/mol. The summed E-state index contributed by atoms with van der Waals surface area (Å²) in [5, 5.41) is 3.01. The van der Waals surface area contributed by atoms with Crippen molar-refractivity contribution in [3.8, 4) is 0 Å². The Hall–Kier alpha value is -1.51. The van der Waals surface area contributed by atoms with Gasteiger partial charge in [-0.2, -0.15) is 0 Å². The lowest BCUT2D eigenvalue weighted by atomic mass is 9.82. The summed E-state index contributed by atoms with van der Waals surface area (Å²) in [7, 11) is 0. The van der Waals surface area contributed by atoms with Crippen molar-refractivity contribution in [3.05, 3.63) is 29.8 Å². The van der Waals surface area contributed by atoms with Gasteiger partial charge in [-0.05, 0) is 36.8 Å². The second-order valence-electron chi connectivity index (χ2n) is 5.44. The number of rotatable bonds is 3. The van der Waals surface area contributed by atoms with Crippen LogP contribution >= 0.6 is 0 Å². The molecule has 18 heavy (non-hydrogen) atoms. The lowest BCUT2D eigenvalue weighted by molar-refractivity contribution is 0.0941. The summed E-state index contributed by atoms with van der Waals surface area (Å²) in [5.74, 6) is 1.37. The predicted molar refractivity (Wildman–Crippen MR) is 74.3 cm³/mol. The number of para-hydroxylation sites is 1. The van der Waals surface area contributed by atoms with Crippen LogP contribution in [-0.2, 0) is 0 Å². The largest absolute Gasteiger partial charge is 0.398 e. The maximum atomic E-state index is 12.0. The van der Waals surface area contributed by atoms with Crippen molar-refractivity contribution in [2.75, 3.05) is 12.3 Å². The zero-order valence-electron chi connectivity index (χ0n) is 11.0. The van der Waals surface area contributed by atoms with Crippen molar-refractivity contribution in [3.63, 3.8) is 0 Å². The second-order valence-corrected chi connectivity index (χ2v) is 5.44. The average Bonchev–Trinajstić information content (AvgIpc) is 2.37.